The van der Waals surface area contributed by atoms with Crippen molar-refractivity contribution in [3.63, 3.8) is 0 Å². The second kappa shape index (κ2) is 7.72. The van der Waals surface area contributed by atoms with E-state index in [1.54, 1.807) is 0 Å². The van der Waals surface area contributed by atoms with E-state index in [1.165, 1.54) is 0 Å². The van der Waals surface area contributed by atoms with Crippen molar-refractivity contribution in [2.45, 2.75) is 17.8 Å². The van der Waals surface area contributed by atoms with Crippen molar-refractivity contribution in [2.75, 3.05) is 7.11 Å². The number of carboxylic acids is 1. The van der Waals surface area contributed by atoms with E-state index in [4.69, 9.17) is 9.84 Å². The Kier molecular flexibility index (Phi) is 5.85. The first kappa shape index (κ1) is 19.7. The molecule has 1 aromatic carbocycles. The summed E-state index contributed by atoms with van der Waals surface area (Å²) in [7, 11) is 1.07. The van der Waals surface area contributed by atoms with Crippen LogP contribution >= 0.6 is 11.8 Å². The molecule has 12 heteroatoms. The lowest BCUT2D eigenvalue weighted by molar-refractivity contribution is -0.138. The molecule has 0 aliphatic carbocycles. The van der Waals surface area contributed by atoms with Crippen molar-refractivity contribution in [3.05, 3.63) is 29.1 Å². The molecule has 1 unspecified atom stereocenters. The molecular weight excluding hydrogens is 382 g/mol. The number of methoxy groups -OCH3 is 1. The third-order valence-electron chi connectivity index (χ3n) is 3.11. The third kappa shape index (κ3) is 4.71. The summed E-state index contributed by atoms with van der Waals surface area (Å²) in [5.74, 6) is -3.34. The van der Waals surface area contributed by atoms with Crippen LogP contribution in [0.5, 0.6) is 5.75 Å². The number of hydrogen-bond acceptors (Lipinski definition) is 6. The minimum Gasteiger partial charge on any atom is -0.496 e. The van der Waals surface area contributed by atoms with E-state index in [1.807, 2.05) is 0 Å². The highest BCUT2D eigenvalue weighted by Gasteiger charge is 2.33. The van der Waals surface area contributed by atoms with Crippen LogP contribution < -0.4 is 10.1 Å². The highest BCUT2D eigenvalue weighted by Crippen LogP contribution is 2.34. The maximum atomic E-state index is 13.9. The number of nitrogens with zero attached hydrogens (tertiary/aromatic N) is 2. The lowest BCUT2D eigenvalue weighted by Crippen LogP contribution is -2.26. The molecule has 140 valence electrons. The predicted octanol–water partition coefficient (Wildman–Crippen LogP) is 2.25. The van der Waals surface area contributed by atoms with Gasteiger partial charge in [-0.15, -0.1) is 5.10 Å². The zero-order valence-electron chi connectivity index (χ0n) is 13.0. The molecule has 1 aliphatic rings. The monoisotopic (exact) mass is 393 g/mol. The number of halogens is 4. The minimum atomic E-state index is -4.74. The average Bonchev–Trinajstić information content (AvgIpc) is 2.86. The van der Waals surface area contributed by atoms with E-state index >= 15 is 0 Å². The summed E-state index contributed by atoms with van der Waals surface area (Å²) in [5, 5.41) is 17.2. The van der Waals surface area contributed by atoms with Gasteiger partial charge in [0.05, 0.1) is 30.9 Å². The quantitative estimate of drug-likeness (QED) is 0.454. The van der Waals surface area contributed by atoms with Gasteiger partial charge in [-0.05, 0) is 12.1 Å². The van der Waals surface area contributed by atoms with E-state index < -0.39 is 46.9 Å². The molecule has 1 atom stereocenters. The Hall–Kier alpha value is -2.63. The molecule has 1 amide bonds. The van der Waals surface area contributed by atoms with E-state index in [9.17, 15) is 27.2 Å². The summed E-state index contributed by atoms with van der Waals surface area (Å²) in [6.07, 6.45) is -4.33. The lowest BCUT2D eigenvalue weighted by Gasteiger charge is -2.11. The Bertz CT molecular complexity index is 795. The fourth-order valence-corrected chi connectivity index (χ4v) is 2.85. The van der Waals surface area contributed by atoms with Crippen LogP contribution in [-0.4, -0.2) is 40.7 Å². The second-order valence-electron chi connectivity index (χ2n) is 4.92. The first-order chi connectivity index (χ1) is 12.1. The predicted molar refractivity (Wildman–Crippen MR) is 84.8 cm³/mol. The molecule has 7 nitrogen and oxygen atoms in total. The zero-order chi connectivity index (χ0) is 19.5. The Balaban J connectivity index is 2.21. The number of thioether (sulfide) groups is 1. The van der Waals surface area contributed by atoms with Gasteiger partial charge in [0.2, 0.25) is 5.91 Å². The minimum absolute atomic E-state index is 0.0104. The van der Waals surface area contributed by atoms with Gasteiger partial charge in [0.25, 0.3) is 0 Å². The van der Waals surface area contributed by atoms with Crippen LogP contribution in [-0.2, 0) is 15.8 Å². The number of benzene rings is 1. The van der Waals surface area contributed by atoms with Crippen LogP contribution in [0, 0.1) is 5.82 Å². The molecule has 0 saturated carbocycles. The van der Waals surface area contributed by atoms with Gasteiger partial charge in [0.15, 0.2) is 5.17 Å². The molecule has 0 bridgehead atoms. The van der Waals surface area contributed by atoms with Gasteiger partial charge in [0.1, 0.15) is 16.8 Å². The first-order valence-electron chi connectivity index (χ1n) is 6.87. The number of carbonyl (C=O) groups excluding carboxylic acids is 1. The smallest absolute Gasteiger partial charge is 0.416 e. The number of aliphatic carboxylic acids is 1. The third-order valence-corrected chi connectivity index (χ3v) is 4.18. The fourth-order valence-electron chi connectivity index (χ4n) is 1.93. The van der Waals surface area contributed by atoms with Gasteiger partial charge in [-0.25, -0.2) is 4.39 Å². The maximum absolute atomic E-state index is 13.9. The molecule has 1 aliphatic heterocycles. The average molecular weight is 393 g/mol. The zero-order valence-corrected chi connectivity index (χ0v) is 13.8. The van der Waals surface area contributed by atoms with Gasteiger partial charge in [-0.2, -0.15) is 18.3 Å². The standard InChI is InChI=1S/C14H11F4N3O4S/c1-25-9-3-6(14(16,17)18)2-8(15)7(9)5-19-21-13-20-12(24)10(26-13)4-11(22)23/h2-3,5,10H,4H2,1H3,(H,22,23)(H,20,21,24). The lowest BCUT2D eigenvalue weighted by atomic mass is 10.1. The molecule has 1 saturated heterocycles. The van der Waals surface area contributed by atoms with Crippen molar-refractivity contribution in [2.24, 2.45) is 10.2 Å². The topological polar surface area (TPSA) is 100 Å². The van der Waals surface area contributed by atoms with Crippen molar-refractivity contribution in [1.82, 2.24) is 5.32 Å². The van der Waals surface area contributed by atoms with Crippen LogP contribution in [0.2, 0.25) is 0 Å². The van der Waals surface area contributed by atoms with Gasteiger partial charge < -0.3 is 15.2 Å². The summed E-state index contributed by atoms with van der Waals surface area (Å²) in [4.78, 5) is 22.1. The van der Waals surface area contributed by atoms with Crippen molar-refractivity contribution in [3.8, 4) is 5.75 Å². The van der Waals surface area contributed by atoms with Crippen LogP contribution in [0.3, 0.4) is 0 Å². The summed E-state index contributed by atoms with van der Waals surface area (Å²) in [6.45, 7) is 0. The molecule has 2 N–H and O–H groups in total. The number of alkyl halides is 3. The molecule has 26 heavy (non-hydrogen) atoms. The largest absolute Gasteiger partial charge is 0.496 e. The van der Waals surface area contributed by atoms with Gasteiger partial charge in [-0.3, -0.25) is 9.59 Å². The van der Waals surface area contributed by atoms with Gasteiger partial charge in [0, 0.05) is 0 Å². The first-order valence-corrected chi connectivity index (χ1v) is 7.75. The molecule has 0 radical (unpaired) electrons. The SMILES string of the molecule is COc1cc(C(F)(F)F)cc(F)c1C=NN=C1NC(=O)C(CC(=O)O)S1. The molecule has 1 heterocycles. The number of ether oxygens (including phenoxy) is 1. The van der Waals surface area contributed by atoms with Crippen LogP contribution in [0.4, 0.5) is 17.6 Å². The number of hydrogen-bond donors (Lipinski definition) is 2. The summed E-state index contributed by atoms with van der Waals surface area (Å²) in [5.41, 5.74) is -1.58. The van der Waals surface area contributed by atoms with Gasteiger partial charge in [-0.1, -0.05) is 11.8 Å². The number of carbonyl (C=O) groups is 2. The Morgan fingerprint density at radius 2 is 2.15 bits per heavy atom. The van der Waals surface area contributed by atoms with E-state index in [0.717, 1.165) is 25.1 Å². The van der Waals surface area contributed by atoms with E-state index in [0.29, 0.717) is 12.1 Å². The Morgan fingerprint density at radius 1 is 1.46 bits per heavy atom. The number of rotatable bonds is 5. The summed E-state index contributed by atoms with van der Waals surface area (Å²) in [6, 6.07) is 0.915. The molecule has 0 aromatic heterocycles. The van der Waals surface area contributed by atoms with Crippen LogP contribution in [0.25, 0.3) is 0 Å². The molecule has 1 fully saturated rings. The maximum Gasteiger partial charge on any atom is 0.416 e. The van der Waals surface area contributed by atoms with E-state index in [2.05, 4.69) is 15.5 Å². The molecule has 2 rings (SSSR count). The van der Waals surface area contributed by atoms with Crippen molar-refractivity contribution < 1.29 is 37.0 Å². The Morgan fingerprint density at radius 3 is 2.73 bits per heavy atom. The second-order valence-corrected chi connectivity index (χ2v) is 6.11. The molecular formula is C14H11F4N3O4S. The van der Waals surface area contributed by atoms with Crippen molar-refractivity contribution in [1.29, 1.82) is 0 Å². The van der Waals surface area contributed by atoms with Crippen molar-refractivity contribution >= 4 is 35.0 Å². The number of amidine groups is 1. The Labute approximate surface area is 148 Å². The fraction of sp³-hybridized carbons (Fsp3) is 0.286. The molecule has 0 spiro atoms. The van der Waals surface area contributed by atoms with E-state index in [-0.39, 0.29) is 10.7 Å². The number of amides is 1. The highest BCUT2D eigenvalue weighted by atomic mass is 32.2. The van der Waals surface area contributed by atoms with Crippen LogP contribution in [0.15, 0.2) is 22.3 Å². The van der Waals surface area contributed by atoms with Crippen LogP contribution in [0.1, 0.15) is 17.5 Å². The molecule has 1 aromatic rings. The number of carboxylic acid groups (broad SMARTS) is 1. The summed E-state index contributed by atoms with van der Waals surface area (Å²) < 4.78 is 56.7. The summed E-state index contributed by atoms with van der Waals surface area (Å²) >= 11 is 0.823. The number of nitrogens with one attached hydrogen (secondary N) is 1. The van der Waals surface area contributed by atoms with Gasteiger partial charge >= 0.3 is 12.1 Å². The normalized spacial score (nSPS) is 19.2. The highest BCUT2D eigenvalue weighted by molar-refractivity contribution is 8.15.